The number of nitro groups is 1. The number of nitrogens with one attached hydrogen (secondary N) is 1. The molecule has 0 aromatic heterocycles. The summed E-state index contributed by atoms with van der Waals surface area (Å²) in [6.07, 6.45) is 0. The minimum Gasteiger partial charge on any atom is -0.507 e. The average molecular weight is 382 g/mol. The van der Waals surface area contributed by atoms with Crippen molar-refractivity contribution in [3.63, 3.8) is 0 Å². The third-order valence-corrected chi connectivity index (χ3v) is 4.15. The molecule has 3 rings (SSSR count). The van der Waals surface area contributed by atoms with Gasteiger partial charge in [-0.3, -0.25) is 10.1 Å². The minimum absolute atomic E-state index is 0.196. The van der Waals surface area contributed by atoms with Crippen molar-refractivity contribution < 1.29 is 24.3 Å². The van der Waals surface area contributed by atoms with Crippen molar-refractivity contribution in [1.82, 2.24) is 0 Å². The van der Waals surface area contributed by atoms with Crippen LogP contribution in [-0.2, 0) is 6.54 Å². The molecule has 0 saturated carbocycles. The number of anilines is 1. The van der Waals surface area contributed by atoms with E-state index in [2.05, 4.69) is 5.32 Å². The Morgan fingerprint density at radius 3 is 2.36 bits per heavy atom. The van der Waals surface area contributed by atoms with Gasteiger partial charge < -0.3 is 15.5 Å². The molecule has 3 aromatic rings. The van der Waals surface area contributed by atoms with E-state index in [9.17, 15) is 24.4 Å². The fourth-order valence-electron chi connectivity index (χ4n) is 2.67. The fraction of sp³-hybridized carbons (Fsp3) is 0.0500. The van der Waals surface area contributed by atoms with Gasteiger partial charge in [-0.1, -0.05) is 30.3 Å². The van der Waals surface area contributed by atoms with Crippen LogP contribution in [0.5, 0.6) is 5.75 Å². The van der Waals surface area contributed by atoms with Gasteiger partial charge in [-0.05, 0) is 41.0 Å². The molecule has 28 heavy (non-hydrogen) atoms. The number of hydrogen-bond donors (Lipinski definition) is 3. The van der Waals surface area contributed by atoms with Crippen LogP contribution in [0.3, 0.4) is 0 Å². The number of aromatic hydroxyl groups is 1. The molecule has 3 aromatic carbocycles. The molecular weight excluding hydrogens is 367 g/mol. The lowest BCUT2D eigenvalue weighted by Crippen LogP contribution is -2.02. The van der Waals surface area contributed by atoms with Crippen LogP contribution in [0.2, 0.25) is 0 Å². The first kappa shape index (κ1) is 18.8. The Morgan fingerprint density at radius 2 is 1.71 bits per heavy atom. The van der Waals surface area contributed by atoms with Gasteiger partial charge in [-0.2, -0.15) is 4.39 Å². The third kappa shape index (κ3) is 4.07. The summed E-state index contributed by atoms with van der Waals surface area (Å²) in [6.45, 7) is 0.397. The van der Waals surface area contributed by atoms with Gasteiger partial charge in [0.15, 0.2) is 0 Å². The lowest BCUT2D eigenvalue weighted by Gasteiger charge is -2.09. The largest absolute Gasteiger partial charge is 0.507 e. The molecular formula is C20H15FN2O5. The van der Waals surface area contributed by atoms with Crippen LogP contribution < -0.4 is 5.32 Å². The van der Waals surface area contributed by atoms with Gasteiger partial charge in [-0.25, -0.2) is 4.79 Å². The molecule has 0 atom stereocenters. The zero-order chi connectivity index (χ0) is 20.3. The first-order chi connectivity index (χ1) is 13.3. The molecule has 0 aliphatic carbocycles. The summed E-state index contributed by atoms with van der Waals surface area (Å²) in [5.41, 5.74) is 1.86. The zero-order valence-corrected chi connectivity index (χ0v) is 14.4. The number of nitrogens with zero attached hydrogens (tertiary/aromatic N) is 1. The number of hydrogen-bond acceptors (Lipinski definition) is 5. The van der Waals surface area contributed by atoms with Crippen molar-refractivity contribution in [2.24, 2.45) is 0 Å². The second kappa shape index (κ2) is 7.75. The predicted molar refractivity (Wildman–Crippen MR) is 101 cm³/mol. The maximum atomic E-state index is 13.5. The quantitative estimate of drug-likeness (QED) is 0.330. The number of carbonyl (C=O) groups is 1. The SMILES string of the molecule is O=C(O)c1cc(NCc2ccc(-c3ccc(F)c([N+](=O)[O-])c3)cc2)ccc1O. The smallest absolute Gasteiger partial charge is 0.339 e. The Kier molecular flexibility index (Phi) is 5.21. The van der Waals surface area contributed by atoms with Crippen molar-refractivity contribution in [2.45, 2.75) is 6.54 Å². The van der Waals surface area contributed by atoms with Crippen LogP contribution in [0.15, 0.2) is 60.7 Å². The highest BCUT2D eigenvalue weighted by Gasteiger charge is 2.15. The first-order valence-corrected chi connectivity index (χ1v) is 8.18. The summed E-state index contributed by atoms with van der Waals surface area (Å²) < 4.78 is 13.5. The summed E-state index contributed by atoms with van der Waals surface area (Å²) in [6, 6.07) is 15.0. The molecule has 0 aliphatic rings. The Labute approximate surface area is 158 Å². The second-order valence-corrected chi connectivity index (χ2v) is 6.01. The standard InChI is InChI=1S/C20H15FN2O5/c21-17-7-5-14(9-18(17)23(27)28)13-3-1-12(2-4-13)11-22-15-6-8-19(24)16(10-15)20(25)26/h1-10,22,24H,11H2,(H,25,26). The first-order valence-electron chi connectivity index (χ1n) is 8.18. The number of rotatable bonds is 6. The molecule has 0 saturated heterocycles. The highest BCUT2D eigenvalue weighted by molar-refractivity contribution is 5.92. The molecule has 0 amide bonds. The maximum absolute atomic E-state index is 13.5. The normalized spacial score (nSPS) is 10.5. The third-order valence-electron chi connectivity index (χ3n) is 4.15. The number of phenols is 1. The van der Waals surface area contributed by atoms with E-state index in [4.69, 9.17) is 5.11 Å². The minimum atomic E-state index is -1.22. The molecule has 0 unspecified atom stereocenters. The highest BCUT2D eigenvalue weighted by Crippen LogP contribution is 2.27. The second-order valence-electron chi connectivity index (χ2n) is 6.01. The van der Waals surface area contributed by atoms with Crippen LogP contribution in [0.1, 0.15) is 15.9 Å². The monoisotopic (exact) mass is 382 g/mol. The Balaban J connectivity index is 1.73. The number of benzene rings is 3. The summed E-state index contributed by atoms with van der Waals surface area (Å²) in [5.74, 6) is -2.42. The Hall–Kier alpha value is -3.94. The highest BCUT2D eigenvalue weighted by atomic mass is 19.1. The molecule has 0 spiro atoms. The van der Waals surface area contributed by atoms with Crippen molar-refractivity contribution >= 4 is 17.3 Å². The summed E-state index contributed by atoms with van der Waals surface area (Å²) >= 11 is 0. The molecule has 0 fully saturated rings. The predicted octanol–water partition coefficient (Wildman–Crippen LogP) is 4.42. The zero-order valence-electron chi connectivity index (χ0n) is 14.4. The van der Waals surface area contributed by atoms with E-state index < -0.39 is 22.4 Å². The van der Waals surface area contributed by atoms with Gasteiger partial charge in [0.2, 0.25) is 5.82 Å². The van der Waals surface area contributed by atoms with Gasteiger partial charge in [-0.15, -0.1) is 0 Å². The van der Waals surface area contributed by atoms with E-state index in [1.165, 1.54) is 24.3 Å². The number of halogens is 1. The van der Waals surface area contributed by atoms with Crippen LogP contribution in [0.4, 0.5) is 15.8 Å². The Bertz CT molecular complexity index is 1050. The maximum Gasteiger partial charge on any atom is 0.339 e. The average Bonchev–Trinajstić information content (AvgIpc) is 2.67. The van der Waals surface area contributed by atoms with E-state index in [1.807, 2.05) is 0 Å². The van der Waals surface area contributed by atoms with E-state index in [0.717, 1.165) is 11.6 Å². The number of carboxylic acid groups (broad SMARTS) is 1. The summed E-state index contributed by atoms with van der Waals surface area (Å²) in [7, 11) is 0. The van der Waals surface area contributed by atoms with Crippen molar-refractivity contribution in [3.8, 4) is 16.9 Å². The summed E-state index contributed by atoms with van der Waals surface area (Å²) in [5, 5.41) is 32.5. The van der Waals surface area contributed by atoms with Crippen molar-refractivity contribution in [3.05, 3.63) is 87.7 Å². The van der Waals surface area contributed by atoms with Gasteiger partial charge in [0.25, 0.3) is 0 Å². The lowest BCUT2D eigenvalue weighted by molar-refractivity contribution is -0.387. The topological polar surface area (TPSA) is 113 Å². The van der Waals surface area contributed by atoms with Gasteiger partial charge in [0.05, 0.1) is 4.92 Å². The van der Waals surface area contributed by atoms with Crippen LogP contribution in [-0.4, -0.2) is 21.1 Å². The molecule has 8 heteroatoms. The van der Waals surface area contributed by atoms with Crippen LogP contribution in [0, 0.1) is 15.9 Å². The van der Waals surface area contributed by atoms with Gasteiger partial charge in [0.1, 0.15) is 11.3 Å². The fourth-order valence-corrected chi connectivity index (χ4v) is 2.67. The van der Waals surface area contributed by atoms with Gasteiger partial charge >= 0.3 is 11.7 Å². The van der Waals surface area contributed by atoms with Crippen molar-refractivity contribution in [1.29, 1.82) is 0 Å². The Morgan fingerprint density at radius 1 is 1.04 bits per heavy atom. The van der Waals surface area contributed by atoms with Crippen LogP contribution in [0.25, 0.3) is 11.1 Å². The molecule has 142 valence electrons. The van der Waals surface area contributed by atoms with E-state index in [-0.39, 0.29) is 11.3 Å². The lowest BCUT2D eigenvalue weighted by atomic mass is 10.0. The number of nitro benzene ring substituents is 1. The van der Waals surface area contributed by atoms with E-state index >= 15 is 0 Å². The van der Waals surface area contributed by atoms with E-state index in [0.29, 0.717) is 23.4 Å². The molecule has 3 N–H and O–H groups in total. The molecule has 0 radical (unpaired) electrons. The molecule has 0 aliphatic heterocycles. The molecule has 0 heterocycles. The van der Waals surface area contributed by atoms with Crippen LogP contribution >= 0.6 is 0 Å². The molecule has 0 bridgehead atoms. The van der Waals surface area contributed by atoms with E-state index in [1.54, 1.807) is 30.3 Å². The number of carboxylic acids is 1. The summed E-state index contributed by atoms with van der Waals surface area (Å²) in [4.78, 5) is 21.2. The number of aromatic carboxylic acids is 1. The van der Waals surface area contributed by atoms with Gasteiger partial charge in [0, 0.05) is 18.3 Å². The van der Waals surface area contributed by atoms with Crippen molar-refractivity contribution in [2.75, 3.05) is 5.32 Å². The molecule has 7 nitrogen and oxygen atoms in total.